The smallest absolute Gasteiger partial charge is 0.241 e. The van der Waals surface area contributed by atoms with Gasteiger partial charge in [0.25, 0.3) is 0 Å². The lowest BCUT2D eigenvalue weighted by molar-refractivity contribution is 0.563. The van der Waals surface area contributed by atoms with Gasteiger partial charge in [0.15, 0.2) is 0 Å². The van der Waals surface area contributed by atoms with Gasteiger partial charge in [-0.25, -0.2) is 13.1 Å². The normalized spacial score (nSPS) is 13.0. The first kappa shape index (κ1) is 15.5. The summed E-state index contributed by atoms with van der Waals surface area (Å²) in [5.74, 6) is 0. The highest BCUT2D eigenvalue weighted by atomic mass is 32.2. The Morgan fingerprint density at radius 3 is 2.67 bits per heavy atom. The molecule has 3 N–H and O–H groups in total. The summed E-state index contributed by atoms with van der Waals surface area (Å²) in [6.45, 7) is 3.67. The molecule has 0 amide bonds. The van der Waals surface area contributed by atoms with E-state index in [1.165, 1.54) is 6.07 Å². The molecule has 21 heavy (non-hydrogen) atoms. The first-order chi connectivity index (χ1) is 9.94. The molecule has 0 saturated carbocycles. The fourth-order valence-corrected chi connectivity index (χ4v) is 3.66. The summed E-state index contributed by atoms with van der Waals surface area (Å²) in [5, 5.41) is 0. The van der Waals surface area contributed by atoms with Crippen LogP contribution in [0.15, 0.2) is 47.5 Å². The molecule has 2 aromatic rings. The third kappa shape index (κ3) is 3.59. The Morgan fingerprint density at radius 1 is 1.29 bits per heavy atom. The number of hydrogen-bond acceptors (Lipinski definition) is 4. The zero-order valence-electron chi connectivity index (χ0n) is 12.1. The highest BCUT2D eigenvalue weighted by Crippen LogP contribution is 2.22. The average molecular weight is 305 g/mol. The van der Waals surface area contributed by atoms with Gasteiger partial charge in [0, 0.05) is 11.9 Å². The number of nitrogens with one attached hydrogen (secondary N) is 1. The molecule has 5 nitrogen and oxygen atoms in total. The summed E-state index contributed by atoms with van der Waals surface area (Å²) in [6.07, 6.45) is 2.26. The van der Waals surface area contributed by atoms with E-state index in [2.05, 4.69) is 9.71 Å². The summed E-state index contributed by atoms with van der Waals surface area (Å²) in [4.78, 5) is 4.39. The summed E-state index contributed by atoms with van der Waals surface area (Å²) < 4.78 is 27.8. The number of pyridine rings is 1. The number of nitrogen functional groups attached to an aromatic ring is 1. The maximum absolute atomic E-state index is 12.6. The predicted molar refractivity (Wildman–Crippen MR) is 83.2 cm³/mol. The van der Waals surface area contributed by atoms with Crippen LogP contribution in [0.5, 0.6) is 0 Å². The molecule has 0 aliphatic carbocycles. The molecular weight excluding hydrogens is 286 g/mol. The lowest BCUT2D eigenvalue weighted by atomic mass is 10.1. The van der Waals surface area contributed by atoms with Gasteiger partial charge in [0.1, 0.15) is 0 Å². The topological polar surface area (TPSA) is 85.1 Å². The van der Waals surface area contributed by atoms with Crippen molar-refractivity contribution in [1.29, 1.82) is 0 Å². The van der Waals surface area contributed by atoms with Crippen LogP contribution in [-0.2, 0) is 16.4 Å². The van der Waals surface area contributed by atoms with E-state index in [9.17, 15) is 8.42 Å². The maximum atomic E-state index is 12.6. The van der Waals surface area contributed by atoms with Crippen LogP contribution in [0.25, 0.3) is 0 Å². The number of hydrogen-bond donors (Lipinski definition) is 2. The van der Waals surface area contributed by atoms with E-state index in [-0.39, 0.29) is 4.90 Å². The molecule has 0 aliphatic heterocycles. The third-order valence-corrected chi connectivity index (χ3v) is 4.85. The minimum absolute atomic E-state index is 0.229. The fraction of sp³-hybridized carbons (Fsp3) is 0.267. The first-order valence-corrected chi connectivity index (χ1v) is 8.24. The standard InChI is InChI=1S/C15H19N3O2S/c1-3-12-7-8-13(16)10-15(12)21(19,20)18-11(2)14-6-4-5-9-17-14/h4-11,18H,3,16H2,1-2H3. The molecule has 0 fully saturated rings. The number of rotatable bonds is 5. The second-order valence-corrected chi connectivity index (χ2v) is 6.50. The van der Waals surface area contributed by atoms with Gasteiger partial charge in [-0.2, -0.15) is 0 Å². The van der Waals surface area contributed by atoms with Gasteiger partial charge in [-0.05, 0) is 43.2 Å². The minimum atomic E-state index is -3.64. The average Bonchev–Trinajstić information content (AvgIpc) is 2.47. The molecule has 6 heteroatoms. The zero-order chi connectivity index (χ0) is 15.5. The quantitative estimate of drug-likeness (QED) is 0.830. The van der Waals surface area contributed by atoms with E-state index in [0.29, 0.717) is 17.8 Å². The summed E-state index contributed by atoms with van der Waals surface area (Å²) in [5.41, 5.74) is 7.56. The molecule has 1 aromatic carbocycles. The number of aromatic nitrogens is 1. The molecule has 0 radical (unpaired) electrons. The molecule has 1 aromatic heterocycles. The first-order valence-electron chi connectivity index (χ1n) is 6.75. The number of nitrogens with two attached hydrogens (primary N) is 1. The van der Waals surface area contributed by atoms with Crippen LogP contribution in [0.4, 0.5) is 5.69 Å². The summed E-state index contributed by atoms with van der Waals surface area (Å²) in [7, 11) is -3.64. The van der Waals surface area contributed by atoms with Crippen LogP contribution in [0.2, 0.25) is 0 Å². The van der Waals surface area contributed by atoms with Crippen molar-refractivity contribution in [1.82, 2.24) is 9.71 Å². The molecule has 0 spiro atoms. The maximum Gasteiger partial charge on any atom is 0.241 e. The number of sulfonamides is 1. The van der Waals surface area contributed by atoms with Crippen molar-refractivity contribution in [3.63, 3.8) is 0 Å². The van der Waals surface area contributed by atoms with Gasteiger partial charge in [0.05, 0.1) is 16.6 Å². The second kappa shape index (κ2) is 6.24. The molecule has 0 aliphatic rings. The minimum Gasteiger partial charge on any atom is -0.399 e. The molecular formula is C15H19N3O2S. The third-order valence-electron chi connectivity index (χ3n) is 3.22. The number of anilines is 1. The van der Waals surface area contributed by atoms with Crippen LogP contribution in [0, 0.1) is 0 Å². The van der Waals surface area contributed by atoms with Gasteiger partial charge in [-0.1, -0.05) is 19.1 Å². The van der Waals surface area contributed by atoms with Crippen molar-refractivity contribution < 1.29 is 8.42 Å². The van der Waals surface area contributed by atoms with Crippen molar-refractivity contribution in [2.24, 2.45) is 0 Å². The predicted octanol–water partition coefficient (Wildman–Crippen LogP) is 2.27. The monoisotopic (exact) mass is 305 g/mol. The van der Waals surface area contributed by atoms with Gasteiger partial charge >= 0.3 is 0 Å². The van der Waals surface area contributed by atoms with E-state index < -0.39 is 16.1 Å². The SMILES string of the molecule is CCc1ccc(N)cc1S(=O)(=O)NC(C)c1ccccn1. The van der Waals surface area contributed by atoms with Crippen LogP contribution >= 0.6 is 0 Å². The second-order valence-electron chi connectivity index (χ2n) is 4.82. The van der Waals surface area contributed by atoms with Gasteiger partial charge in [-0.3, -0.25) is 4.98 Å². The molecule has 2 rings (SSSR count). The number of aryl methyl sites for hydroxylation is 1. The Kier molecular flexibility index (Phi) is 4.59. The Morgan fingerprint density at radius 2 is 2.05 bits per heavy atom. The highest BCUT2D eigenvalue weighted by molar-refractivity contribution is 7.89. The lowest BCUT2D eigenvalue weighted by Gasteiger charge is -2.16. The van der Waals surface area contributed by atoms with Crippen LogP contribution in [0.3, 0.4) is 0 Å². The van der Waals surface area contributed by atoms with E-state index in [4.69, 9.17) is 5.73 Å². The Hall–Kier alpha value is -1.92. The van der Waals surface area contributed by atoms with E-state index in [1.807, 2.05) is 13.0 Å². The molecule has 112 valence electrons. The van der Waals surface area contributed by atoms with Crippen LogP contribution < -0.4 is 10.5 Å². The molecule has 1 atom stereocenters. The van der Waals surface area contributed by atoms with Crippen LogP contribution in [0.1, 0.15) is 31.1 Å². The Labute approximate surface area is 125 Å². The van der Waals surface area contributed by atoms with Gasteiger partial charge in [0.2, 0.25) is 10.0 Å². The van der Waals surface area contributed by atoms with Gasteiger partial charge < -0.3 is 5.73 Å². The molecule has 0 bridgehead atoms. The Bertz CT molecular complexity index is 715. The largest absolute Gasteiger partial charge is 0.399 e. The molecule has 1 unspecified atom stereocenters. The molecule has 1 heterocycles. The van der Waals surface area contributed by atoms with Crippen molar-refractivity contribution in [2.45, 2.75) is 31.2 Å². The summed E-state index contributed by atoms with van der Waals surface area (Å²) >= 11 is 0. The van der Waals surface area contributed by atoms with E-state index >= 15 is 0 Å². The number of benzene rings is 1. The van der Waals surface area contributed by atoms with E-state index in [1.54, 1.807) is 37.4 Å². The highest BCUT2D eigenvalue weighted by Gasteiger charge is 2.21. The fourth-order valence-electron chi connectivity index (χ4n) is 2.10. The van der Waals surface area contributed by atoms with Crippen molar-refractivity contribution in [3.05, 3.63) is 53.9 Å². The van der Waals surface area contributed by atoms with Crippen molar-refractivity contribution in [2.75, 3.05) is 5.73 Å². The molecule has 0 saturated heterocycles. The Balaban J connectivity index is 2.33. The summed E-state index contributed by atoms with van der Waals surface area (Å²) in [6, 6.07) is 9.93. The lowest BCUT2D eigenvalue weighted by Crippen LogP contribution is -2.28. The van der Waals surface area contributed by atoms with Crippen LogP contribution in [-0.4, -0.2) is 13.4 Å². The van der Waals surface area contributed by atoms with Crippen molar-refractivity contribution in [3.8, 4) is 0 Å². The zero-order valence-corrected chi connectivity index (χ0v) is 12.9. The van der Waals surface area contributed by atoms with Crippen molar-refractivity contribution >= 4 is 15.7 Å². The number of nitrogens with zero attached hydrogens (tertiary/aromatic N) is 1. The van der Waals surface area contributed by atoms with Gasteiger partial charge in [-0.15, -0.1) is 0 Å². The van der Waals surface area contributed by atoms with E-state index in [0.717, 1.165) is 5.56 Å².